The first-order chi connectivity index (χ1) is 11.4. The van der Waals surface area contributed by atoms with Crippen molar-refractivity contribution in [3.8, 4) is 0 Å². The standard InChI is InChI=1S/C17H22Cl2N2O2S/c18-14-2-1-3-15(19)13(14)9-21-7-6-20(8-12-4-5-12)16-10-24(22,23)11-17(16)21/h1-3,12,16-17H,4-11H2/t16-,17+/m1/s1. The van der Waals surface area contributed by atoms with Crippen LogP contribution in [0.1, 0.15) is 18.4 Å². The van der Waals surface area contributed by atoms with Crippen molar-refractivity contribution in [2.75, 3.05) is 31.1 Å². The van der Waals surface area contributed by atoms with Gasteiger partial charge in [0.25, 0.3) is 0 Å². The molecule has 2 saturated heterocycles. The van der Waals surface area contributed by atoms with Gasteiger partial charge in [-0.25, -0.2) is 8.42 Å². The Bertz CT molecular complexity index is 716. The Morgan fingerprint density at radius 3 is 2.21 bits per heavy atom. The molecule has 2 aliphatic heterocycles. The van der Waals surface area contributed by atoms with Crippen molar-refractivity contribution >= 4 is 33.0 Å². The summed E-state index contributed by atoms with van der Waals surface area (Å²) in [7, 11) is -2.97. The van der Waals surface area contributed by atoms with Crippen molar-refractivity contribution in [1.82, 2.24) is 9.80 Å². The fraction of sp³-hybridized carbons (Fsp3) is 0.647. The summed E-state index contributed by atoms with van der Waals surface area (Å²) in [5.74, 6) is 1.32. The number of hydrogen-bond donors (Lipinski definition) is 0. The summed E-state index contributed by atoms with van der Waals surface area (Å²) in [6, 6.07) is 5.69. The van der Waals surface area contributed by atoms with E-state index in [-0.39, 0.29) is 23.6 Å². The molecular formula is C17H22Cl2N2O2S. The smallest absolute Gasteiger partial charge is 0.153 e. The van der Waals surface area contributed by atoms with Crippen LogP contribution in [-0.4, -0.2) is 61.4 Å². The normalized spacial score (nSPS) is 30.4. The fourth-order valence-electron chi connectivity index (χ4n) is 4.04. The van der Waals surface area contributed by atoms with Gasteiger partial charge < -0.3 is 0 Å². The van der Waals surface area contributed by atoms with Crippen LogP contribution in [0.15, 0.2) is 18.2 Å². The van der Waals surface area contributed by atoms with Crippen molar-refractivity contribution < 1.29 is 8.42 Å². The molecule has 0 spiro atoms. The highest BCUT2D eigenvalue weighted by Gasteiger charge is 2.47. The highest BCUT2D eigenvalue weighted by atomic mass is 35.5. The second kappa shape index (κ2) is 6.44. The van der Waals surface area contributed by atoms with E-state index in [1.807, 2.05) is 18.2 Å². The first-order valence-electron chi connectivity index (χ1n) is 8.54. The zero-order chi connectivity index (χ0) is 16.9. The van der Waals surface area contributed by atoms with E-state index in [2.05, 4.69) is 9.80 Å². The SMILES string of the molecule is O=S1(=O)C[C@@H]2[C@H](C1)N(Cc1c(Cl)cccc1Cl)CCN2CC1CC1. The summed E-state index contributed by atoms with van der Waals surface area (Å²) in [5.41, 5.74) is 0.902. The molecule has 0 bridgehead atoms. The van der Waals surface area contributed by atoms with E-state index in [1.54, 1.807) is 0 Å². The van der Waals surface area contributed by atoms with Gasteiger partial charge in [-0.05, 0) is 30.9 Å². The Labute approximate surface area is 153 Å². The third-order valence-corrected chi connectivity index (χ3v) is 7.93. The lowest BCUT2D eigenvalue weighted by Crippen LogP contribution is -2.59. The summed E-state index contributed by atoms with van der Waals surface area (Å²) in [6.07, 6.45) is 2.58. The van der Waals surface area contributed by atoms with Crippen LogP contribution in [0, 0.1) is 5.92 Å². The molecule has 7 heteroatoms. The van der Waals surface area contributed by atoms with Crippen LogP contribution in [0.4, 0.5) is 0 Å². The van der Waals surface area contributed by atoms with Crippen molar-refractivity contribution in [3.05, 3.63) is 33.8 Å². The summed E-state index contributed by atoms with van der Waals surface area (Å²) < 4.78 is 24.5. The molecule has 4 nitrogen and oxygen atoms in total. The Kier molecular flexibility index (Phi) is 4.59. The van der Waals surface area contributed by atoms with E-state index in [0.717, 1.165) is 31.1 Å². The molecule has 2 heterocycles. The maximum absolute atomic E-state index is 12.3. The number of hydrogen-bond acceptors (Lipinski definition) is 4. The minimum absolute atomic E-state index is 0.0508. The van der Waals surface area contributed by atoms with E-state index in [9.17, 15) is 8.42 Å². The Morgan fingerprint density at radius 2 is 1.58 bits per heavy atom. The molecule has 132 valence electrons. The van der Waals surface area contributed by atoms with Crippen LogP contribution in [-0.2, 0) is 16.4 Å². The van der Waals surface area contributed by atoms with Crippen molar-refractivity contribution in [2.45, 2.75) is 31.5 Å². The number of fused-ring (bicyclic) bond motifs is 1. The van der Waals surface area contributed by atoms with Crippen LogP contribution < -0.4 is 0 Å². The minimum Gasteiger partial charge on any atom is -0.296 e. The van der Waals surface area contributed by atoms with E-state index in [4.69, 9.17) is 23.2 Å². The number of halogens is 2. The van der Waals surface area contributed by atoms with Gasteiger partial charge in [0.05, 0.1) is 11.5 Å². The fourth-order valence-corrected chi connectivity index (χ4v) is 6.60. The van der Waals surface area contributed by atoms with Crippen LogP contribution in [0.2, 0.25) is 10.0 Å². The van der Waals surface area contributed by atoms with E-state index < -0.39 is 9.84 Å². The van der Waals surface area contributed by atoms with Gasteiger partial charge in [-0.15, -0.1) is 0 Å². The molecule has 24 heavy (non-hydrogen) atoms. The van der Waals surface area contributed by atoms with Gasteiger partial charge >= 0.3 is 0 Å². The molecule has 0 aromatic heterocycles. The van der Waals surface area contributed by atoms with Crippen molar-refractivity contribution in [3.63, 3.8) is 0 Å². The number of sulfone groups is 1. The third-order valence-electron chi connectivity index (χ3n) is 5.52. The lowest BCUT2D eigenvalue weighted by molar-refractivity contribution is 0.0377. The molecule has 4 rings (SSSR count). The number of rotatable bonds is 4. The molecule has 3 fully saturated rings. The molecule has 0 unspecified atom stereocenters. The summed E-state index contributed by atoms with van der Waals surface area (Å²) in [5, 5.41) is 1.31. The molecule has 2 atom stereocenters. The van der Waals surface area contributed by atoms with Crippen LogP contribution >= 0.6 is 23.2 Å². The summed E-state index contributed by atoms with van der Waals surface area (Å²) in [6.45, 7) is 3.46. The average Bonchev–Trinajstić information content (AvgIpc) is 3.26. The maximum Gasteiger partial charge on any atom is 0.153 e. The molecule has 0 N–H and O–H groups in total. The van der Waals surface area contributed by atoms with Gasteiger partial charge in [-0.3, -0.25) is 9.80 Å². The topological polar surface area (TPSA) is 40.6 Å². The Morgan fingerprint density at radius 1 is 1.00 bits per heavy atom. The molecule has 3 aliphatic rings. The van der Waals surface area contributed by atoms with Gasteiger partial charge in [0, 0.05) is 53.9 Å². The number of benzene rings is 1. The average molecular weight is 389 g/mol. The zero-order valence-corrected chi connectivity index (χ0v) is 15.8. The van der Waals surface area contributed by atoms with Gasteiger partial charge in [0.15, 0.2) is 9.84 Å². The number of nitrogens with zero attached hydrogens (tertiary/aromatic N) is 2. The highest BCUT2D eigenvalue weighted by molar-refractivity contribution is 7.91. The van der Waals surface area contributed by atoms with Gasteiger partial charge in [-0.1, -0.05) is 29.3 Å². The molecule has 1 aliphatic carbocycles. The molecule has 1 saturated carbocycles. The second-order valence-corrected chi connectivity index (χ2v) is 10.3. The van der Waals surface area contributed by atoms with Crippen molar-refractivity contribution in [2.24, 2.45) is 5.92 Å². The highest BCUT2D eigenvalue weighted by Crippen LogP contribution is 2.35. The second-order valence-electron chi connectivity index (χ2n) is 7.32. The van der Waals surface area contributed by atoms with E-state index in [1.165, 1.54) is 12.8 Å². The monoisotopic (exact) mass is 388 g/mol. The van der Waals surface area contributed by atoms with Gasteiger partial charge in [0.2, 0.25) is 0 Å². The molecular weight excluding hydrogens is 367 g/mol. The lowest BCUT2D eigenvalue weighted by atomic mass is 10.0. The zero-order valence-electron chi connectivity index (χ0n) is 13.5. The van der Waals surface area contributed by atoms with Crippen molar-refractivity contribution in [1.29, 1.82) is 0 Å². The quantitative estimate of drug-likeness (QED) is 0.794. The molecule has 1 aromatic carbocycles. The van der Waals surface area contributed by atoms with Crippen LogP contribution in [0.3, 0.4) is 0 Å². The Hall–Kier alpha value is -0.330. The van der Waals surface area contributed by atoms with E-state index >= 15 is 0 Å². The Balaban J connectivity index is 1.56. The lowest BCUT2D eigenvalue weighted by Gasteiger charge is -2.44. The summed E-state index contributed by atoms with van der Waals surface area (Å²) in [4.78, 5) is 4.68. The molecule has 1 aromatic rings. The first-order valence-corrected chi connectivity index (χ1v) is 11.1. The molecule has 0 radical (unpaired) electrons. The minimum atomic E-state index is -2.97. The summed E-state index contributed by atoms with van der Waals surface area (Å²) >= 11 is 12.6. The van der Waals surface area contributed by atoms with Crippen LogP contribution in [0.25, 0.3) is 0 Å². The van der Waals surface area contributed by atoms with E-state index in [0.29, 0.717) is 16.6 Å². The third kappa shape index (κ3) is 3.47. The predicted molar refractivity (Wildman–Crippen MR) is 97.4 cm³/mol. The maximum atomic E-state index is 12.3. The molecule has 0 amide bonds. The van der Waals surface area contributed by atoms with Crippen LogP contribution in [0.5, 0.6) is 0 Å². The first kappa shape index (κ1) is 17.1. The largest absolute Gasteiger partial charge is 0.296 e. The number of piperazine rings is 1. The van der Waals surface area contributed by atoms with Gasteiger partial charge in [0.1, 0.15) is 0 Å². The van der Waals surface area contributed by atoms with Gasteiger partial charge in [-0.2, -0.15) is 0 Å². The predicted octanol–water partition coefficient (Wildman–Crippen LogP) is 2.69.